The van der Waals surface area contributed by atoms with Gasteiger partial charge in [-0.1, -0.05) is 18.2 Å². The van der Waals surface area contributed by atoms with Gasteiger partial charge in [0.2, 0.25) is 5.91 Å². The van der Waals surface area contributed by atoms with E-state index in [0.29, 0.717) is 11.3 Å². The molecule has 0 saturated carbocycles. The van der Waals surface area contributed by atoms with Gasteiger partial charge in [-0.05, 0) is 23.8 Å². The molecule has 10 nitrogen and oxygen atoms in total. The number of rotatable bonds is 9. The minimum atomic E-state index is -0.830. The van der Waals surface area contributed by atoms with Crippen LogP contribution in [0.4, 0.5) is 5.69 Å². The van der Waals surface area contributed by atoms with E-state index < -0.39 is 24.0 Å². The van der Waals surface area contributed by atoms with Gasteiger partial charge in [0.1, 0.15) is 11.8 Å². The predicted molar refractivity (Wildman–Crippen MR) is 129 cm³/mol. The van der Waals surface area contributed by atoms with Crippen LogP contribution in [0.25, 0.3) is 11.1 Å². The van der Waals surface area contributed by atoms with Crippen molar-refractivity contribution in [1.29, 1.82) is 0 Å². The first-order valence-electron chi connectivity index (χ1n) is 11.0. The number of nitrogens with zero attached hydrogens (tertiary/aromatic N) is 2. The summed E-state index contributed by atoms with van der Waals surface area (Å²) in [6.07, 6.45) is -0.524. The van der Waals surface area contributed by atoms with E-state index in [2.05, 4.69) is 5.32 Å². The number of primary amides is 1. The Kier molecular flexibility index (Phi) is 8.11. The molecule has 3 rings (SSSR count). The van der Waals surface area contributed by atoms with Crippen LogP contribution in [0, 0.1) is 5.92 Å². The molecule has 34 heavy (non-hydrogen) atoms. The van der Waals surface area contributed by atoms with Gasteiger partial charge in [-0.3, -0.25) is 14.4 Å². The molecule has 3 atom stereocenters. The standard InChI is InChI=1S/C24H33N5O5/c1-27-24(32)16-8-15(9-17(10-16)28(2)3)18-7-5-6-14(22(18)33-4)12-29-21(23(26)31)19(13-30)20(11-25)34-29/h5-10,19-21,30H,11-13,25H2,1-4H3,(H2,26,31)(H,27,32)/t19?,20-,21?/m0/s1. The number of benzene rings is 2. The van der Waals surface area contributed by atoms with Gasteiger partial charge in [0.05, 0.1) is 26.4 Å². The Bertz CT molecular complexity index is 1040. The number of para-hydroxylation sites is 1. The van der Waals surface area contributed by atoms with Crippen molar-refractivity contribution in [3.8, 4) is 16.9 Å². The van der Waals surface area contributed by atoms with Crippen LogP contribution in [0.2, 0.25) is 0 Å². The summed E-state index contributed by atoms with van der Waals surface area (Å²) >= 11 is 0. The summed E-state index contributed by atoms with van der Waals surface area (Å²) in [5, 5.41) is 13.9. The van der Waals surface area contributed by atoms with Crippen molar-refractivity contribution in [3.63, 3.8) is 0 Å². The molecule has 1 heterocycles. The van der Waals surface area contributed by atoms with Crippen LogP contribution in [0.3, 0.4) is 0 Å². The van der Waals surface area contributed by atoms with Crippen molar-refractivity contribution in [3.05, 3.63) is 47.5 Å². The molecule has 0 spiro atoms. The Morgan fingerprint density at radius 2 is 2.00 bits per heavy atom. The summed E-state index contributed by atoms with van der Waals surface area (Å²) < 4.78 is 5.78. The zero-order valence-electron chi connectivity index (χ0n) is 19.9. The molecule has 1 aliphatic heterocycles. The number of aliphatic hydroxyl groups excluding tert-OH is 1. The molecular weight excluding hydrogens is 438 g/mol. The number of carbonyl (C=O) groups excluding carboxylic acids is 2. The van der Waals surface area contributed by atoms with E-state index in [1.165, 1.54) is 5.06 Å². The molecule has 1 saturated heterocycles. The first-order chi connectivity index (χ1) is 16.2. The summed E-state index contributed by atoms with van der Waals surface area (Å²) in [6, 6.07) is 10.4. The Hall–Kier alpha value is -3.18. The highest BCUT2D eigenvalue weighted by Crippen LogP contribution is 2.38. The molecule has 1 aliphatic rings. The summed E-state index contributed by atoms with van der Waals surface area (Å²) in [4.78, 5) is 32.4. The van der Waals surface area contributed by atoms with Crippen LogP contribution >= 0.6 is 0 Å². The highest BCUT2D eigenvalue weighted by atomic mass is 16.7. The quantitative estimate of drug-likeness (QED) is 0.410. The van der Waals surface area contributed by atoms with Crippen molar-refractivity contribution in [2.75, 3.05) is 46.3 Å². The van der Waals surface area contributed by atoms with Crippen LogP contribution in [-0.2, 0) is 16.2 Å². The summed E-state index contributed by atoms with van der Waals surface area (Å²) in [6.45, 7) is 0.0539. The van der Waals surface area contributed by atoms with E-state index in [4.69, 9.17) is 21.0 Å². The van der Waals surface area contributed by atoms with Gasteiger partial charge in [0.25, 0.3) is 5.91 Å². The molecule has 2 aromatic rings. The number of hydroxylamine groups is 2. The lowest BCUT2D eigenvalue weighted by Gasteiger charge is -2.24. The van der Waals surface area contributed by atoms with E-state index in [0.717, 1.165) is 22.4 Å². The molecule has 2 aromatic carbocycles. The van der Waals surface area contributed by atoms with E-state index in [-0.39, 0.29) is 25.6 Å². The number of ether oxygens (including phenoxy) is 1. The largest absolute Gasteiger partial charge is 0.496 e. The second-order valence-corrected chi connectivity index (χ2v) is 8.39. The maximum atomic E-state index is 12.4. The Morgan fingerprint density at radius 1 is 1.26 bits per heavy atom. The van der Waals surface area contributed by atoms with E-state index in [1.54, 1.807) is 20.2 Å². The predicted octanol–water partition coefficient (Wildman–Crippen LogP) is 0.325. The van der Waals surface area contributed by atoms with Crippen LogP contribution in [0.15, 0.2) is 36.4 Å². The topological polar surface area (TPSA) is 143 Å². The number of hydrogen-bond acceptors (Lipinski definition) is 8. The molecule has 0 bridgehead atoms. The van der Waals surface area contributed by atoms with Crippen LogP contribution < -0.4 is 26.4 Å². The Balaban J connectivity index is 2.05. The normalized spacial score (nSPS) is 20.2. The van der Waals surface area contributed by atoms with E-state index in [9.17, 15) is 14.7 Å². The zero-order chi connectivity index (χ0) is 25.0. The first kappa shape index (κ1) is 25.4. The SMILES string of the molecule is CNC(=O)c1cc(-c2cccc(CN3O[C@@H](CN)C(CO)C3C(N)=O)c2OC)cc(N(C)C)c1. The number of amides is 2. The van der Waals surface area contributed by atoms with Crippen molar-refractivity contribution in [1.82, 2.24) is 10.4 Å². The fraction of sp³-hybridized carbons (Fsp3) is 0.417. The second-order valence-electron chi connectivity index (χ2n) is 8.39. The van der Waals surface area contributed by atoms with Crippen molar-refractivity contribution in [2.24, 2.45) is 17.4 Å². The molecule has 10 heteroatoms. The lowest BCUT2D eigenvalue weighted by molar-refractivity contribution is -0.172. The third-order valence-electron chi connectivity index (χ3n) is 6.06. The number of hydrogen-bond donors (Lipinski definition) is 4. The molecule has 184 valence electrons. The van der Waals surface area contributed by atoms with E-state index in [1.807, 2.05) is 49.3 Å². The minimum Gasteiger partial charge on any atom is -0.496 e. The number of carbonyl (C=O) groups is 2. The molecule has 0 radical (unpaired) electrons. The fourth-order valence-corrected chi connectivity index (χ4v) is 4.30. The summed E-state index contributed by atoms with van der Waals surface area (Å²) in [7, 11) is 6.96. The summed E-state index contributed by atoms with van der Waals surface area (Å²) in [5.41, 5.74) is 15.1. The highest BCUT2D eigenvalue weighted by Gasteiger charge is 2.45. The lowest BCUT2D eigenvalue weighted by Crippen LogP contribution is -2.45. The number of methoxy groups -OCH3 is 1. The maximum absolute atomic E-state index is 12.4. The number of aliphatic hydroxyl groups is 1. The van der Waals surface area contributed by atoms with Crippen molar-refractivity contribution >= 4 is 17.5 Å². The van der Waals surface area contributed by atoms with Crippen LogP contribution in [-0.4, -0.2) is 75.5 Å². The summed E-state index contributed by atoms with van der Waals surface area (Å²) in [5.74, 6) is -0.745. The van der Waals surface area contributed by atoms with Gasteiger partial charge in [0, 0.05) is 56.0 Å². The monoisotopic (exact) mass is 471 g/mol. The smallest absolute Gasteiger partial charge is 0.251 e. The van der Waals surface area contributed by atoms with Crippen LogP contribution in [0.1, 0.15) is 15.9 Å². The first-order valence-corrected chi connectivity index (χ1v) is 11.0. The molecule has 0 aromatic heterocycles. The zero-order valence-corrected chi connectivity index (χ0v) is 19.9. The number of nitrogens with two attached hydrogens (primary N) is 2. The molecule has 2 amide bonds. The Labute approximate surface area is 199 Å². The average molecular weight is 472 g/mol. The van der Waals surface area contributed by atoms with Gasteiger partial charge < -0.3 is 31.5 Å². The van der Waals surface area contributed by atoms with Crippen molar-refractivity contribution < 1.29 is 24.3 Å². The number of anilines is 1. The number of nitrogens with one attached hydrogen (secondary N) is 1. The second kappa shape index (κ2) is 10.8. The van der Waals surface area contributed by atoms with Gasteiger partial charge in [-0.2, -0.15) is 5.06 Å². The fourth-order valence-electron chi connectivity index (χ4n) is 4.30. The van der Waals surface area contributed by atoms with Gasteiger partial charge in [0.15, 0.2) is 0 Å². The molecular formula is C24H33N5O5. The van der Waals surface area contributed by atoms with Gasteiger partial charge in [-0.25, -0.2) is 0 Å². The molecule has 6 N–H and O–H groups in total. The average Bonchev–Trinajstić information content (AvgIpc) is 3.20. The molecule has 1 fully saturated rings. The van der Waals surface area contributed by atoms with Crippen LogP contribution in [0.5, 0.6) is 5.75 Å². The molecule has 2 unspecified atom stereocenters. The lowest BCUT2D eigenvalue weighted by atomic mass is 9.94. The van der Waals surface area contributed by atoms with Gasteiger partial charge in [-0.15, -0.1) is 0 Å². The third-order valence-corrected chi connectivity index (χ3v) is 6.06. The third kappa shape index (κ3) is 5.00. The Morgan fingerprint density at radius 3 is 2.56 bits per heavy atom. The molecule has 0 aliphatic carbocycles. The van der Waals surface area contributed by atoms with Gasteiger partial charge >= 0.3 is 0 Å². The minimum absolute atomic E-state index is 0.141. The highest BCUT2D eigenvalue weighted by molar-refractivity contribution is 5.97. The van der Waals surface area contributed by atoms with Crippen molar-refractivity contribution in [2.45, 2.75) is 18.7 Å². The maximum Gasteiger partial charge on any atom is 0.251 e. The van der Waals surface area contributed by atoms with E-state index >= 15 is 0 Å².